The molecule has 0 atom stereocenters. The molecule has 0 fully saturated rings. The van der Waals surface area contributed by atoms with Crippen LogP contribution in [0.1, 0.15) is 5.56 Å². The summed E-state index contributed by atoms with van der Waals surface area (Å²) in [5.41, 5.74) is 0.975. The van der Waals surface area contributed by atoms with E-state index >= 15 is 0 Å². The van der Waals surface area contributed by atoms with Crippen molar-refractivity contribution in [1.29, 1.82) is 0 Å². The minimum Gasteiger partial charge on any atom is -0.714 e. The molecule has 6 nitrogen and oxygen atoms in total. The van der Waals surface area contributed by atoms with Crippen LogP contribution in [0.5, 0.6) is 0 Å². The van der Waals surface area contributed by atoms with E-state index in [1.807, 2.05) is 44.4 Å². The van der Waals surface area contributed by atoms with Crippen LogP contribution in [-0.2, 0) is 21.1 Å². The maximum absolute atomic E-state index is 10.5. The average molecular weight is 318 g/mol. The number of quaternary nitrogens is 1. The van der Waals surface area contributed by atoms with Crippen molar-refractivity contribution in [1.82, 2.24) is 0 Å². The largest absolute Gasteiger partial charge is 0.714 e. The zero-order valence-corrected chi connectivity index (χ0v) is 13.0. The van der Waals surface area contributed by atoms with Crippen LogP contribution in [0.2, 0.25) is 0 Å². The summed E-state index contributed by atoms with van der Waals surface area (Å²) >= 11 is 1.39. The molecule has 1 aromatic carbocycles. The molecule has 1 aromatic rings. The normalized spacial score (nSPS) is 12.7. The molecule has 0 heterocycles. The number of rotatable bonds is 7. The van der Waals surface area contributed by atoms with Crippen LogP contribution in [-0.4, -0.2) is 44.4 Å². The summed E-state index contributed by atoms with van der Waals surface area (Å²) in [6.07, 6.45) is 0.434. The van der Waals surface area contributed by atoms with Gasteiger partial charge in [-0.2, -0.15) is 8.42 Å². The van der Waals surface area contributed by atoms with Crippen molar-refractivity contribution >= 4 is 27.2 Å². The van der Waals surface area contributed by atoms with Crippen molar-refractivity contribution in [3.8, 4) is 0 Å². The fourth-order valence-corrected chi connectivity index (χ4v) is 2.67. The minimum atomic E-state index is -4.81. The SMILES string of the molecule is C[NH+](C)CCS/C(Cc1ccccc1)=N/OS(=O)(=O)[O-]. The van der Waals surface area contributed by atoms with E-state index in [0.717, 1.165) is 17.9 Å². The summed E-state index contributed by atoms with van der Waals surface area (Å²) < 4.78 is 35.4. The fraction of sp³-hybridized carbons (Fsp3) is 0.417. The Labute approximate surface area is 123 Å². The van der Waals surface area contributed by atoms with Gasteiger partial charge in [-0.1, -0.05) is 35.5 Å². The molecule has 0 bridgehead atoms. The summed E-state index contributed by atoms with van der Waals surface area (Å²) in [7, 11) is -0.767. The molecule has 0 aliphatic heterocycles. The van der Waals surface area contributed by atoms with Crippen LogP contribution in [0.4, 0.5) is 0 Å². The third-order valence-electron chi connectivity index (χ3n) is 2.30. The number of benzene rings is 1. The van der Waals surface area contributed by atoms with Gasteiger partial charge < -0.3 is 9.45 Å². The van der Waals surface area contributed by atoms with Crippen molar-refractivity contribution < 1.29 is 22.2 Å². The van der Waals surface area contributed by atoms with E-state index in [1.54, 1.807) is 0 Å². The summed E-state index contributed by atoms with van der Waals surface area (Å²) in [6, 6.07) is 9.46. The highest BCUT2D eigenvalue weighted by Gasteiger charge is 2.06. The van der Waals surface area contributed by atoms with Gasteiger partial charge in [-0.05, 0) is 5.56 Å². The topological polar surface area (TPSA) is 83.2 Å². The second-order valence-corrected chi connectivity index (χ2v) is 6.57. The standard InChI is InChI=1S/C12H18N2O4S2/c1-14(2)8-9-19-12(13-18-20(15,16)17)10-11-6-4-3-5-7-11/h3-7H,8-10H2,1-2H3,(H,15,16,17)/b13-12+. The summed E-state index contributed by atoms with van der Waals surface area (Å²) in [4.78, 5) is 1.27. The smallest absolute Gasteiger partial charge is 0.284 e. The molecule has 112 valence electrons. The van der Waals surface area contributed by atoms with Crippen LogP contribution in [0.3, 0.4) is 0 Å². The molecule has 0 aliphatic rings. The average Bonchev–Trinajstić information content (AvgIpc) is 2.35. The molecule has 20 heavy (non-hydrogen) atoms. The molecule has 0 spiro atoms. The number of nitrogens with zero attached hydrogens (tertiary/aromatic N) is 1. The van der Waals surface area contributed by atoms with Crippen molar-refractivity contribution in [3.63, 3.8) is 0 Å². The zero-order valence-electron chi connectivity index (χ0n) is 11.4. The Morgan fingerprint density at radius 3 is 2.55 bits per heavy atom. The molecule has 8 heteroatoms. The van der Waals surface area contributed by atoms with E-state index in [4.69, 9.17) is 0 Å². The quantitative estimate of drug-likeness (QED) is 0.249. The minimum absolute atomic E-state index is 0.434. The van der Waals surface area contributed by atoms with Crippen molar-refractivity contribution in [3.05, 3.63) is 35.9 Å². The predicted octanol–water partition coefficient (Wildman–Crippen LogP) is -0.103. The predicted molar refractivity (Wildman–Crippen MR) is 78.5 cm³/mol. The lowest BCUT2D eigenvalue weighted by Gasteiger charge is -2.09. The monoisotopic (exact) mass is 318 g/mol. The lowest BCUT2D eigenvalue weighted by atomic mass is 10.2. The molecule has 0 saturated carbocycles. The van der Waals surface area contributed by atoms with Gasteiger partial charge in [0.15, 0.2) is 0 Å². The van der Waals surface area contributed by atoms with Crippen LogP contribution >= 0.6 is 11.8 Å². The van der Waals surface area contributed by atoms with Gasteiger partial charge in [0.05, 0.1) is 20.6 Å². The summed E-state index contributed by atoms with van der Waals surface area (Å²) in [5, 5.41) is 3.93. The van der Waals surface area contributed by atoms with Gasteiger partial charge >= 0.3 is 0 Å². The van der Waals surface area contributed by atoms with E-state index in [-0.39, 0.29) is 0 Å². The van der Waals surface area contributed by atoms with E-state index < -0.39 is 10.4 Å². The van der Waals surface area contributed by atoms with E-state index in [2.05, 4.69) is 9.44 Å². The number of nitrogens with one attached hydrogen (secondary N) is 1. The maximum atomic E-state index is 10.5. The molecule has 0 radical (unpaired) electrons. The van der Waals surface area contributed by atoms with Crippen LogP contribution in [0.25, 0.3) is 0 Å². The second-order valence-electron chi connectivity index (χ2n) is 4.44. The Morgan fingerprint density at radius 2 is 2.00 bits per heavy atom. The zero-order chi connectivity index (χ0) is 15.0. The van der Waals surface area contributed by atoms with Gasteiger partial charge in [-0.25, -0.2) is 0 Å². The highest BCUT2D eigenvalue weighted by Crippen LogP contribution is 2.11. The molecule has 0 aliphatic carbocycles. The lowest BCUT2D eigenvalue weighted by Crippen LogP contribution is -3.06. The third-order valence-corrected chi connectivity index (χ3v) is 3.52. The number of oxime groups is 1. The van der Waals surface area contributed by atoms with Crippen LogP contribution in [0.15, 0.2) is 35.5 Å². The van der Waals surface area contributed by atoms with Gasteiger partial charge in [-0.3, -0.25) is 4.28 Å². The summed E-state index contributed by atoms with van der Waals surface area (Å²) in [5.74, 6) is 0.760. The first-order chi connectivity index (χ1) is 9.37. The number of hydrogen-bond donors (Lipinski definition) is 1. The molecular weight excluding hydrogens is 300 g/mol. The Bertz CT molecular complexity index is 530. The first-order valence-electron chi connectivity index (χ1n) is 6.04. The molecular formula is C12H18N2O4S2. The number of hydrogen-bond acceptors (Lipinski definition) is 6. The van der Waals surface area contributed by atoms with Crippen LogP contribution in [0, 0.1) is 0 Å². The second kappa shape index (κ2) is 8.25. The maximum Gasteiger partial charge on any atom is 0.284 e. The Hall–Kier alpha value is -1.09. The molecule has 0 saturated heterocycles. The van der Waals surface area contributed by atoms with E-state index in [0.29, 0.717) is 11.5 Å². The Morgan fingerprint density at radius 1 is 1.35 bits per heavy atom. The highest BCUT2D eigenvalue weighted by atomic mass is 32.3. The lowest BCUT2D eigenvalue weighted by molar-refractivity contribution is -0.855. The molecule has 1 rings (SSSR count). The molecule has 0 unspecified atom stereocenters. The van der Waals surface area contributed by atoms with Crippen molar-refractivity contribution in [2.24, 2.45) is 5.16 Å². The Kier molecular flexibility index (Phi) is 7.00. The first kappa shape index (κ1) is 17.0. The van der Waals surface area contributed by atoms with Crippen LogP contribution < -0.4 is 4.90 Å². The molecule has 0 amide bonds. The fourth-order valence-electron chi connectivity index (χ4n) is 1.34. The third kappa shape index (κ3) is 8.16. The first-order valence-corrected chi connectivity index (χ1v) is 8.36. The van der Waals surface area contributed by atoms with Crippen molar-refractivity contribution in [2.75, 3.05) is 26.4 Å². The van der Waals surface area contributed by atoms with Gasteiger partial charge in [-0.15, -0.1) is 11.8 Å². The van der Waals surface area contributed by atoms with Gasteiger partial charge in [0.1, 0.15) is 5.04 Å². The molecule has 1 N–H and O–H groups in total. The van der Waals surface area contributed by atoms with Gasteiger partial charge in [0, 0.05) is 12.2 Å². The highest BCUT2D eigenvalue weighted by molar-refractivity contribution is 8.13. The van der Waals surface area contributed by atoms with Gasteiger partial charge in [0.2, 0.25) is 0 Å². The van der Waals surface area contributed by atoms with E-state index in [9.17, 15) is 13.0 Å². The Balaban J connectivity index is 2.68. The van der Waals surface area contributed by atoms with Crippen molar-refractivity contribution in [2.45, 2.75) is 6.42 Å². The van der Waals surface area contributed by atoms with Gasteiger partial charge in [0.25, 0.3) is 10.4 Å². The van der Waals surface area contributed by atoms with E-state index in [1.165, 1.54) is 16.7 Å². The molecule has 0 aromatic heterocycles. The summed E-state index contributed by atoms with van der Waals surface area (Å²) in [6.45, 7) is 0.891. The number of thioether (sulfide) groups is 1.